The Labute approximate surface area is 165 Å². The van der Waals surface area contributed by atoms with Crippen LogP contribution < -0.4 is 4.90 Å². The Morgan fingerprint density at radius 2 is 1.96 bits per heavy atom. The first kappa shape index (κ1) is 20.4. The smallest absolute Gasteiger partial charge is 0.341 e. The minimum absolute atomic E-state index is 0.305. The molecule has 7 nitrogen and oxygen atoms in total. The summed E-state index contributed by atoms with van der Waals surface area (Å²) in [7, 11) is -3.48. The number of nitrogens with zero attached hydrogens (tertiary/aromatic N) is 2. The minimum atomic E-state index is -3.48. The molecule has 0 aliphatic carbocycles. The van der Waals surface area contributed by atoms with E-state index in [1.807, 2.05) is 19.9 Å². The number of hydrogen-bond acceptors (Lipinski definition) is 6. The van der Waals surface area contributed by atoms with Crippen LogP contribution in [0.25, 0.3) is 0 Å². The Balaban J connectivity index is 1.83. The van der Waals surface area contributed by atoms with Crippen LogP contribution in [0.2, 0.25) is 0 Å². The molecule has 0 saturated carbocycles. The fraction of sp³-hybridized carbons (Fsp3) is 0.450. The van der Waals surface area contributed by atoms with Crippen molar-refractivity contribution < 1.29 is 22.4 Å². The summed E-state index contributed by atoms with van der Waals surface area (Å²) < 4.78 is 37.5. The molecule has 0 unspecified atom stereocenters. The van der Waals surface area contributed by atoms with Crippen LogP contribution in [0.4, 0.5) is 5.69 Å². The highest BCUT2D eigenvalue weighted by atomic mass is 32.2. The number of fused-ring (bicyclic) bond motifs is 1. The third-order valence-corrected chi connectivity index (χ3v) is 7.01. The molecular formula is C20H26N2O5S. The summed E-state index contributed by atoms with van der Waals surface area (Å²) in [6, 6.07) is 6.87. The maximum Gasteiger partial charge on any atom is 0.341 e. The standard InChI is InChI=1S/C20H26N2O5S/c1-4-22(5-2)28(24,25)16-7-8-18-15(13-16)9-11-21(18)14-19-17(10-12-27-19)20(23)26-6-3/h7-8,10,12-13H,4-6,9,11,14H2,1-3H3. The van der Waals surface area contributed by atoms with E-state index in [2.05, 4.69) is 4.90 Å². The van der Waals surface area contributed by atoms with Gasteiger partial charge in [-0.05, 0) is 43.2 Å². The molecule has 0 fully saturated rings. The molecule has 1 aliphatic rings. The Morgan fingerprint density at radius 1 is 1.21 bits per heavy atom. The second kappa shape index (κ2) is 8.36. The quantitative estimate of drug-likeness (QED) is 0.627. The van der Waals surface area contributed by atoms with E-state index in [1.165, 1.54) is 10.6 Å². The van der Waals surface area contributed by atoms with Crippen LogP contribution in [0.3, 0.4) is 0 Å². The predicted molar refractivity (Wildman–Crippen MR) is 106 cm³/mol. The maximum atomic E-state index is 12.8. The molecule has 2 aromatic rings. The molecule has 0 bridgehead atoms. The van der Waals surface area contributed by atoms with E-state index >= 15 is 0 Å². The zero-order chi connectivity index (χ0) is 20.3. The zero-order valence-corrected chi connectivity index (χ0v) is 17.3. The molecule has 2 heterocycles. The van der Waals surface area contributed by atoms with E-state index in [-0.39, 0.29) is 0 Å². The second-order valence-corrected chi connectivity index (χ2v) is 8.47. The summed E-state index contributed by atoms with van der Waals surface area (Å²) in [5, 5.41) is 0. The molecule has 28 heavy (non-hydrogen) atoms. The van der Waals surface area contributed by atoms with Gasteiger partial charge in [-0.25, -0.2) is 13.2 Å². The average molecular weight is 407 g/mol. The first-order chi connectivity index (χ1) is 13.4. The summed E-state index contributed by atoms with van der Waals surface area (Å²) >= 11 is 0. The third kappa shape index (κ3) is 3.79. The molecule has 1 aromatic carbocycles. The van der Waals surface area contributed by atoms with E-state index < -0.39 is 16.0 Å². The Morgan fingerprint density at radius 3 is 2.64 bits per heavy atom. The number of ether oxygens (including phenoxy) is 1. The topological polar surface area (TPSA) is 80.1 Å². The van der Waals surface area contributed by atoms with Gasteiger partial charge in [-0.3, -0.25) is 0 Å². The first-order valence-electron chi connectivity index (χ1n) is 9.53. The fourth-order valence-electron chi connectivity index (χ4n) is 3.51. The molecule has 0 amide bonds. The van der Waals surface area contributed by atoms with Gasteiger partial charge < -0.3 is 14.1 Å². The number of benzene rings is 1. The average Bonchev–Trinajstić information content (AvgIpc) is 3.30. The number of carbonyl (C=O) groups excluding carboxylic acids is 1. The summed E-state index contributed by atoms with van der Waals surface area (Å²) in [6.07, 6.45) is 2.23. The number of rotatable bonds is 8. The highest BCUT2D eigenvalue weighted by molar-refractivity contribution is 7.89. The number of sulfonamides is 1. The van der Waals surface area contributed by atoms with Gasteiger partial charge in [0.15, 0.2) is 0 Å². The highest BCUT2D eigenvalue weighted by Crippen LogP contribution is 2.32. The number of carbonyl (C=O) groups is 1. The highest BCUT2D eigenvalue weighted by Gasteiger charge is 2.27. The molecule has 1 aliphatic heterocycles. The predicted octanol–water partition coefficient (Wildman–Crippen LogP) is 3.05. The summed E-state index contributed by atoms with van der Waals surface area (Å²) in [5.41, 5.74) is 2.37. The van der Waals surface area contributed by atoms with E-state index in [1.54, 1.807) is 25.1 Å². The molecule has 152 valence electrons. The van der Waals surface area contributed by atoms with Crippen molar-refractivity contribution in [2.45, 2.75) is 38.6 Å². The van der Waals surface area contributed by atoms with Crippen molar-refractivity contribution in [1.82, 2.24) is 4.31 Å². The van der Waals surface area contributed by atoms with E-state index in [4.69, 9.17) is 9.15 Å². The van der Waals surface area contributed by atoms with Crippen LogP contribution in [0.1, 0.15) is 42.5 Å². The maximum absolute atomic E-state index is 12.8. The van der Waals surface area contributed by atoms with Crippen LogP contribution in [0.15, 0.2) is 39.8 Å². The van der Waals surface area contributed by atoms with Crippen molar-refractivity contribution in [2.75, 3.05) is 31.1 Å². The number of esters is 1. The van der Waals surface area contributed by atoms with Gasteiger partial charge in [0.05, 0.1) is 24.3 Å². The van der Waals surface area contributed by atoms with Gasteiger partial charge in [-0.1, -0.05) is 13.8 Å². The number of hydrogen-bond donors (Lipinski definition) is 0. The lowest BCUT2D eigenvalue weighted by Gasteiger charge is -2.21. The van der Waals surface area contributed by atoms with Gasteiger partial charge in [-0.15, -0.1) is 0 Å². The molecule has 3 rings (SSSR count). The monoisotopic (exact) mass is 406 g/mol. The molecule has 0 spiro atoms. The molecule has 1 aromatic heterocycles. The van der Waals surface area contributed by atoms with Gasteiger partial charge in [0.25, 0.3) is 0 Å². The Hall–Kier alpha value is -2.32. The van der Waals surface area contributed by atoms with Crippen molar-refractivity contribution in [2.24, 2.45) is 0 Å². The molecule has 0 radical (unpaired) electrons. The molecule has 8 heteroatoms. The van der Waals surface area contributed by atoms with E-state index in [0.29, 0.717) is 42.5 Å². The minimum Gasteiger partial charge on any atom is -0.467 e. The van der Waals surface area contributed by atoms with Crippen molar-refractivity contribution in [3.63, 3.8) is 0 Å². The van der Waals surface area contributed by atoms with E-state index in [9.17, 15) is 13.2 Å². The van der Waals surface area contributed by atoms with E-state index in [0.717, 1.165) is 24.2 Å². The first-order valence-corrected chi connectivity index (χ1v) is 11.0. The molecular weight excluding hydrogens is 380 g/mol. The van der Waals surface area contributed by atoms with Crippen LogP contribution in [-0.4, -0.2) is 44.9 Å². The van der Waals surface area contributed by atoms with Crippen LogP contribution in [-0.2, 0) is 27.7 Å². The third-order valence-electron chi connectivity index (χ3n) is 4.96. The molecule has 0 atom stereocenters. The fourth-order valence-corrected chi connectivity index (χ4v) is 5.02. The summed E-state index contributed by atoms with van der Waals surface area (Å²) in [6.45, 7) is 7.77. The lowest BCUT2D eigenvalue weighted by Crippen LogP contribution is -2.30. The van der Waals surface area contributed by atoms with Crippen molar-refractivity contribution >= 4 is 21.7 Å². The second-order valence-electron chi connectivity index (χ2n) is 6.53. The lowest BCUT2D eigenvalue weighted by molar-refractivity contribution is 0.0523. The normalized spacial score (nSPS) is 13.8. The van der Waals surface area contributed by atoms with Gasteiger partial charge >= 0.3 is 5.97 Å². The Kier molecular flexibility index (Phi) is 6.10. The number of furan rings is 1. The number of anilines is 1. The van der Waals surface area contributed by atoms with Gasteiger partial charge in [0.1, 0.15) is 11.3 Å². The SMILES string of the molecule is CCOC(=O)c1ccoc1CN1CCc2cc(S(=O)(=O)N(CC)CC)ccc21. The lowest BCUT2D eigenvalue weighted by atomic mass is 10.2. The van der Waals surface area contributed by atoms with Gasteiger partial charge in [0, 0.05) is 25.3 Å². The van der Waals surface area contributed by atoms with Crippen LogP contribution >= 0.6 is 0 Å². The van der Waals surface area contributed by atoms with Crippen molar-refractivity contribution in [3.8, 4) is 0 Å². The van der Waals surface area contributed by atoms with Gasteiger partial charge in [0.2, 0.25) is 10.0 Å². The van der Waals surface area contributed by atoms with Crippen LogP contribution in [0.5, 0.6) is 0 Å². The summed E-state index contributed by atoms with van der Waals surface area (Å²) in [4.78, 5) is 14.5. The Bertz CT molecular complexity index is 947. The largest absolute Gasteiger partial charge is 0.467 e. The zero-order valence-electron chi connectivity index (χ0n) is 16.5. The molecule has 0 saturated heterocycles. The van der Waals surface area contributed by atoms with Crippen LogP contribution in [0, 0.1) is 0 Å². The molecule has 0 N–H and O–H groups in total. The van der Waals surface area contributed by atoms with Crippen molar-refractivity contribution in [3.05, 3.63) is 47.4 Å². The van der Waals surface area contributed by atoms with Gasteiger partial charge in [-0.2, -0.15) is 4.31 Å². The summed E-state index contributed by atoms with van der Waals surface area (Å²) in [5.74, 6) is 0.150. The van der Waals surface area contributed by atoms with Crippen molar-refractivity contribution in [1.29, 1.82) is 0 Å².